The van der Waals surface area contributed by atoms with Crippen LogP contribution >= 0.6 is 0 Å². The third-order valence-corrected chi connectivity index (χ3v) is 5.35. The smallest absolute Gasteiger partial charge is 0.161 e. The highest BCUT2D eigenvalue weighted by Gasteiger charge is 2.36. The molecular formula is C20H23NO3. The van der Waals surface area contributed by atoms with E-state index < -0.39 is 0 Å². The predicted octanol–water partition coefficient (Wildman–Crippen LogP) is 3.26. The maximum Gasteiger partial charge on any atom is 0.161 e. The van der Waals surface area contributed by atoms with Crippen LogP contribution in [-0.4, -0.2) is 27.4 Å². The summed E-state index contributed by atoms with van der Waals surface area (Å²) in [4.78, 5) is 0. The van der Waals surface area contributed by atoms with Crippen molar-refractivity contribution in [3.63, 3.8) is 0 Å². The van der Waals surface area contributed by atoms with Gasteiger partial charge < -0.3 is 19.5 Å². The second kappa shape index (κ2) is 6.02. The molecule has 2 aromatic carbocycles. The van der Waals surface area contributed by atoms with E-state index >= 15 is 0 Å². The predicted molar refractivity (Wildman–Crippen MR) is 93.3 cm³/mol. The van der Waals surface area contributed by atoms with Crippen LogP contribution in [-0.2, 0) is 13.0 Å². The van der Waals surface area contributed by atoms with Crippen molar-refractivity contribution >= 4 is 0 Å². The molecule has 0 unspecified atom stereocenters. The fraction of sp³-hybridized carbons (Fsp3) is 0.400. The lowest BCUT2D eigenvalue weighted by molar-refractivity contribution is 0.348. The lowest BCUT2D eigenvalue weighted by atomic mass is 9.72. The Morgan fingerprint density at radius 1 is 0.875 bits per heavy atom. The second-order valence-corrected chi connectivity index (χ2v) is 6.47. The van der Waals surface area contributed by atoms with Crippen LogP contribution in [0.25, 0.3) is 0 Å². The van der Waals surface area contributed by atoms with Crippen LogP contribution in [0.3, 0.4) is 0 Å². The van der Waals surface area contributed by atoms with E-state index in [1.807, 2.05) is 6.07 Å². The number of methoxy groups -OCH3 is 3. The van der Waals surface area contributed by atoms with Crippen LogP contribution in [0, 0.1) is 0 Å². The minimum absolute atomic E-state index is 0.326. The maximum atomic E-state index is 5.54. The number of hydrogen-bond donors (Lipinski definition) is 1. The number of ether oxygens (including phenoxy) is 3. The van der Waals surface area contributed by atoms with Gasteiger partial charge in [-0.05, 0) is 59.4 Å². The number of benzene rings is 2. The monoisotopic (exact) mass is 325 g/mol. The lowest BCUT2D eigenvalue weighted by Gasteiger charge is -2.40. The minimum Gasteiger partial charge on any atom is -0.497 e. The van der Waals surface area contributed by atoms with Gasteiger partial charge in [0.05, 0.1) is 21.3 Å². The number of aryl methyl sites for hydroxylation is 1. The maximum absolute atomic E-state index is 5.54. The summed E-state index contributed by atoms with van der Waals surface area (Å²) >= 11 is 0. The van der Waals surface area contributed by atoms with Gasteiger partial charge in [0, 0.05) is 18.5 Å². The fourth-order valence-corrected chi connectivity index (χ4v) is 4.13. The van der Waals surface area contributed by atoms with Crippen LogP contribution < -0.4 is 19.5 Å². The summed E-state index contributed by atoms with van der Waals surface area (Å²) in [7, 11) is 5.11. The summed E-state index contributed by atoms with van der Waals surface area (Å²) in [6.07, 6.45) is 2.19. The number of hydrogen-bond acceptors (Lipinski definition) is 4. The Hall–Kier alpha value is -2.20. The van der Waals surface area contributed by atoms with E-state index in [0.717, 1.165) is 36.6 Å². The molecule has 0 bridgehead atoms. The van der Waals surface area contributed by atoms with Gasteiger partial charge in [-0.2, -0.15) is 0 Å². The Balaban J connectivity index is 1.88. The highest BCUT2D eigenvalue weighted by atomic mass is 16.5. The quantitative estimate of drug-likeness (QED) is 0.940. The van der Waals surface area contributed by atoms with Gasteiger partial charge in [-0.25, -0.2) is 0 Å². The summed E-state index contributed by atoms with van der Waals surface area (Å²) < 4.78 is 16.5. The van der Waals surface area contributed by atoms with E-state index in [1.54, 1.807) is 21.3 Å². The van der Waals surface area contributed by atoms with Crippen molar-refractivity contribution in [1.29, 1.82) is 0 Å². The van der Waals surface area contributed by atoms with Gasteiger partial charge in [-0.3, -0.25) is 0 Å². The van der Waals surface area contributed by atoms with Crippen molar-refractivity contribution in [1.82, 2.24) is 5.32 Å². The van der Waals surface area contributed by atoms with Gasteiger partial charge >= 0.3 is 0 Å². The first kappa shape index (κ1) is 15.3. The Morgan fingerprint density at radius 2 is 1.62 bits per heavy atom. The van der Waals surface area contributed by atoms with Crippen LogP contribution in [0.5, 0.6) is 17.2 Å². The standard InChI is InChI=1S/C20H23NO3/c1-22-14-6-4-13-11-21-17-7-5-12-8-18(23-2)19(24-3)10-16(12)20(17)15(13)9-14/h4,6,8-10,17,20-21H,5,7,11H2,1-3H3/t17-,20-/m1/s1. The first-order valence-corrected chi connectivity index (χ1v) is 8.40. The molecule has 0 saturated heterocycles. The zero-order valence-electron chi connectivity index (χ0n) is 14.4. The molecule has 1 aliphatic heterocycles. The molecule has 0 saturated carbocycles. The van der Waals surface area contributed by atoms with Crippen molar-refractivity contribution in [3.8, 4) is 17.2 Å². The van der Waals surface area contributed by atoms with Crippen LogP contribution in [0.1, 0.15) is 34.6 Å². The number of nitrogens with one attached hydrogen (secondary N) is 1. The van der Waals surface area contributed by atoms with E-state index in [4.69, 9.17) is 14.2 Å². The van der Waals surface area contributed by atoms with E-state index in [0.29, 0.717) is 12.0 Å². The Morgan fingerprint density at radius 3 is 2.38 bits per heavy atom. The molecule has 2 atom stereocenters. The average molecular weight is 325 g/mol. The largest absolute Gasteiger partial charge is 0.497 e. The molecule has 0 aromatic heterocycles. The van der Waals surface area contributed by atoms with Crippen LogP contribution in [0.4, 0.5) is 0 Å². The molecule has 0 radical (unpaired) electrons. The lowest BCUT2D eigenvalue weighted by Crippen LogP contribution is -2.42. The average Bonchev–Trinajstić information content (AvgIpc) is 2.65. The molecule has 1 aliphatic carbocycles. The Bertz CT molecular complexity index is 772. The summed E-state index contributed by atoms with van der Waals surface area (Å²) in [5.41, 5.74) is 5.41. The Labute approximate surface area is 142 Å². The van der Waals surface area contributed by atoms with Crippen molar-refractivity contribution in [2.45, 2.75) is 31.3 Å². The van der Waals surface area contributed by atoms with Crippen molar-refractivity contribution in [2.75, 3.05) is 21.3 Å². The summed E-state index contributed by atoms with van der Waals surface area (Å²) in [5, 5.41) is 3.71. The first-order chi connectivity index (χ1) is 11.7. The van der Waals surface area contributed by atoms with Gasteiger partial charge in [-0.15, -0.1) is 0 Å². The van der Waals surface area contributed by atoms with E-state index in [2.05, 4.69) is 29.6 Å². The molecular weight excluding hydrogens is 302 g/mol. The van der Waals surface area contributed by atoms with E-state index in [-0.39, 0.29) is 0 Å². The second-order valence-electron chi connectivity index (χ2n) is 6.47. The Kier molecular flexibility index (Phi) is 3.85. The van der Waals surface area contributed by atoms with Gasteiger partial charge in [0.25, 0.3) is 0 Å². The molecule has 4 rings (SSSR count). The third kappa shape index (κ3) is 2.33. The topological polar surface area (TPSA) is 39.7 Å². The molecule has 1 heterocycles. The SMILES string of the molecule is COc1ccc2c(c1)[C@@H]1c3cc(OC)c(OC)cc3CC[C@H]1NC2. The highest BCUT2D eigenvalue weighted by Crippen LogP contribution is 2.45. The molecule has 2 aliphatic rings. The molecule has 1 N–H and O–H groups in total. The third-order valence-electron chi connectivity index (χ3n) is 5.35. The van der Waals surface area contributed by atoms with Gasteiger partial charge in [0.15, 0.2) is 11.5 Å². The van der Waals surface area contributed by atoms with E-state index in [1.165, 1.54) is 22.3 Å². The van der Waals surface area contributed by atoms with Crippen LogP contribution in [0.15, 0.2) is 30.3 Å². The molecule has 0 fully saturated rings. The van der Waals surface area contributed by atoms with E-state index in [9.17, 15) is 0 Å². The summed E-state index contributed by atoms with van der Waals surface area (Å²) in [6, 6.07) is 11.2. The number of rotatable bonds is 3. The normalized spacial score (nSPS) is 21.3. The van der Waals surface area contributed by atoms with Crippen molar-refractivity contribution in [3.05, 3.63) is 52.6 Å². The fourth-order valence-electron chi connectivity index (χ4n) is 4.13. The molecule has 24 heavy (non-hydrogen) atoms. The molecule has 4 nitrogen and oxygen atoms in total. The molecule has 2 aromatic rings. The molecule has 4 heteroatoms. The summed E-state index contributed by atoms with van der Waals surface area (Å²) in [6.45, 7) is 0.920. The van der Waals surface area contributed by atoms with Gasteiger partial charge in [-0.1, -0.05) is 6.07 Å². The van der Waals surface area contributed by atoms with Gasteiger partial charge in [0.1, 0.15) is 5.75 Å². The minimum atomic E-state index is 0.326. The first-order valence-electron chi connectivity index (χ1n) is 8.40. The van der Waals surface area contributed by atoms with Gasteiger partial charge in [0.2, 0.25) is 0 Å². The summed E-state index contributed by atoms with van der Waals surface area (Å²) in [5.74, 6) is 2.85. The van der Waals surface area contributed by atoms with Crippen molar-refractivity contribution in [2.24, 2.45) is 0 Å². The molecule has 0 spiro atoms. The zero-order valence-corrected chi connectivity index (χ0v) is 14.4. The number of fused-ring (bicyclic) bond motifs is 5. The molecule has 0 amide bonds. The zero-order chi connectivity index (χ0) is 16.7. The molecule has 126 valence electrons. The van der Waals surface area contributed by atoms with Crippen molar-refractivity contribution < 1.29 is 14.2 Å². The van der Waals surface area contributed by atoms with Crippen LogP contribution in [0.2, 0.25) is 0 Å². The highest BCUT2D eigenvalue weighted by molar-refractivity contribution is 5.55.